The molecule has 0 radical (unpaired) electrons. The van der Waals surface area contributed by atoms with Gasteiger partial charge in [0.15, 0.2) is 11.5 Å². The Morgan fingerprint density at radius 2 is 1.87 bits per heavy atom. The average Bonchev–Trinajstić information content (AvgIpc) is 2.92. The molecule has 1 unspecified atom stereocenters. The Bertz CT molecular complexity index is 1470. The van der Waals surface area contributed by atoms with E-state index in [1.165, 1.54) is 30.3 Å². The van der Waals surface area contributed by atoms with Gasteiger partial charge in [-0.25, -0.2) is 4.79 Å². The fourth-order valence-corrected chi connectivity index (χ4v) is 4.11. The molecule has 1 aliphatic heterocycles. The molecule has 0 saturated carbocycles. The molecule has 39 heavy (non-hydrogen) atoms. The van der Waals surface area contributed by atoms with Crippen LogP contribution in [0.15, 0.2) is 72.1 Å². The number of non-ortho nitro benzene ring substituents is 1. The third-order valence-electron chi connectivity index (χ3n) is 6.19. The van der Waals surface area contributed by atoms with Gasteiger partial charge in [-0.3, -0.25) is 10.1 Å². The van der Waals surface area contributed by atoms with Crippen LogP contribution in [-0.4, -0.2) is 24.6 Å². The summed E-state index contributed by atoms with van der Waals surface area (Å²) in [7, 11) is 1.55. The number of rotatable bonds is 9. The van der Waals surface area contributed by atoms with Crippen LogP contribution in [0.25, 0.3) is 0 Å². The number of benzene rings is 3. The first kappa shape index (κ1) is 27.0. The van der Waals surface area contributed by atoms with Crippen molar-refractivity contribution in [3.05, 3.63) is 98.9 Å². The van der Waals surface area contributed by atoms with E-state index in [1.807, 2.05) is 6.07 Å². The topological polar surface area (TPSA) is 147 Å². The second-order valence-corrected chi connectivity index (χ2v) is 9.26. The second kappa shape index (κ2) is 11.6. The molecule has 4 rings (SSSR count). The van der Waals surface area contributed by atoms with Crippen molar-refractivity contribution in [1.29, 1.82) is 5.26 Å². The molecule has 1 heterocycles. The van der Waals surface area contributed by atoms with Gasteiger partial charge in [0.1, 0.15) is 23.1 Å². The molecular formula is C29H27N3O7. The molecule has 3 aromatic rings. The zero-order valence-corrected chi connectivity index (χ0v) is 21.7. The van der Waals surface area contributed by atoms with Crippen molar-refractivity contribution in [2.24, 2.45) is 11.7 Å². The minimum Gasteiger partial charge on any atom is -0.493 e. The highest BCUT2D eigenvalue weighted by molar-refractivity contribution is 5.91. The van der Waals surface area contributed by atoms with Gasteiger partial charge in [-0.15, -0.1) is 0 Å². The third kappa shape index (κ3) is 5.93. The van der Waals surface area contributed by atoms with Crippen molar-refractivity contribution >= 4 is 11.7 Å². The predicted molar refractivity (Wildman–Crippen MR) is 142 cm³/mol. The van der Waals surface area contributed by atoms with Crippen LogP contribution in [0, 0.1) is 27.4 Å². The minimum absolute atomic E-state index is 0.0647. The predicted octanol–water partition coefficient (Wildman–Crippen LogP) is 5.47. The molecule has 0 aliphatic carbocycles. The van der Waals surface area contributed by atoms with E-state index in [1.54, 1.807) is 31.4 Å². The normalized spacial score (nSPS) is 14.2. The summed E-state index contributed by atoms with van der Waals surface area (Å²) < 4.78 is 22.6. The van der Waals surface area contributed by atoms with Gasteiger partial charge < -0.3 is 24.7 Å². The smallest absolute Gasteiger partial charge is 0.343 e. The van der Waals surface area contributed by atoms with Crippen molar-refractivity contribution in [2.75, 3.05) is 13.7 Å². The lowest BCUT2D eigenvalue weighted by Crippen LogP contribution is -2.21. The Kier molecular flexibility index (Phi) is 8.01. The Balaban J connectivity index is 1.62. The highest BCUT2D eigenvalue weighted by Crippen LogP contribution is 2.45. The molecule has 2 N–H and O–H groups in total. The van der Waals surface area contributed by atoms with Crippen LogP contribution in [0.4, 0.5) is 5.69 Å². The number of hydrogen-bond donors (Lipinski definition) is 1. The summed E-state index contributed by atoms with van der Waals surface area (Å²) in [6, 6.07) is 17.5. The lowest BCUT2D eigenvalue weighted by atomic mass is 9.83. The quantitative estimate of drug-likeness (QED) is 0.165. The summed E-state index contributed by atoms with van der Waals surface area (Å²) in [6.45, 7) is 4.79. The van der Waals surface area contributed by atoms with Crippen molar-refractivity contribution in [2.45, 2.75) is 26.2 Å². The lowest BCUT2D eigenvalue weighted by Gasteiger charge is -2.27. The number of hydrogen-bond acceptors (Lipinski definition) is 9. The van der Waals surface area contributed by atoms with Gasteiger partial charge in [-0.2, -0.15) is 5.26 Å². The molecule has 1 atom stereocenters. The summed E-state index contributed by atoms with van der Waals surface area (Å²) in [4.78, 5) is 22.9. The molecule has 0 bridgehead atoms. The van der Waals surface area contributed by atoms with Gasteiger partial charge in [0.05, 0.1) is 30.1 Å². The number of carbonyl (C=O) groups excluding carboxylic acids is 1. The Morgan fingerprint density at radius 1 is 1.13 bits per heavy atom. The number of allylic oxidation sites excluding steroid dienone is 1. The third-order valence-corrected chi connectivity index (χ3v) is 6.19. The first-order valence-electron chi connectivity index (χ1n) is 12.2. The van der Waals surface area contributed by atoms with E-state index >= 15 is 0 Å². The first-order chi connectivity index (χ1) is 18.7. The van der Waals surface area contributed by atoms with Crippen molar-refractivity contribution in [1.82, 2.24) is 0 Å². The minimum atomic E-state index is -0.698. The Morgan fingerprint density at radius 3 is 2.51 bits per heavy atom. The van der Waals surface area contributed by atoms with Gasteiger partial charge in [0.2, 0.25) is 5.88 Å². The van der Waals surface area contributed by atoms with Crippen LogP contribution < -0.4 is 24.7 Å². The van der Waals surface area contributed by atoms with Crippen LogP contribution in [0.5, 0.6) is 23.0 Å². The van der Waals surface area contributed by atoms with Gasteiger partial charge in [0, 0.05) is 23.8 Å². The summed E-state index contributed by atoms with van der Waals surface area (Å²) >= 11 is 0. The highest BCUT2D eigenvalue weighted by Gasteiger charge is 2.32. The van der Waals surface area contributed by atoms with Gasteiger partial charge >= 0.3 is 5.97 Å². The number of nitrogens with zero attached hydrogens (tertiary/aromatic N) is 2. The van der Waals surface area contributed by atoms with E-state index in [9.17, 15) is 20.2 Å². The molecule has 1 aliphatic rings. The monoisotopic (exact) mass is 529 g/mol. The number of nitro benzene ring substituents is 1. The molecule has 10 nitrogen and oxygen atoms in total. The number of nitro groups is 1. The van der Waals surface area contributed by atoms with E-state index < -0.39 is 16.8 Å². The number of methoxy groups -OCH3 is 1. The molecular weight excluding hydrogens is 502 g/mol. The molecule has 0 amide bonds. The standard InChI is InChI=1S/C29H27N3O7/c1-17(2)12-13-37-24-11-6-19(14-26(24)36-3)27-22-10-9-21(15-25(22)39-28(31)23(27)16-30)38-29(33)18-4-7-20(8-5-18)32(34)35/h4-11,14-15,17,27H,12-13,31H2,1-3H3. The van der Waals surface area contributed by atoms with Gasteiger partial charge in [0.25, 0.3) is 5.69 Å². The number of esters is 1. The largest absolute Gasteiger partial charge is 0.493 e. The van der Waals surface area contributed by atoms with Crippen LogP contribution in [-0.2, 0) is 0 Å². The van der Waals surface area contributed by atoms with Crippen molar-refractivity contribution in [3.63, 3.8) is 0 Å². The Labute approximate surface area is 225 Å². The highest BCUT2D eigenvalue weighted by atomic mass is 16.6. The van der Waals surface area contributed by atoms with E-state index in [2.05, 4.69) is 19.9 Å². The fraction of sp³-hybridized carbons (Fsp3) is 0.241. The first-order valence-corrected chi connectivity index (χ1v) is 12.2. The summed E-state index contributed by atoms with van der Waals surface area (Å²) in [5.41, 5.74) is 7.75. The van der Waals surface area contributed by atoms with Crippen LogP contribution in [0.3, 0.4) is 0 Å². The van der Waals surface area contributed by atoms with Gasteiger partial charge in [-0.1, -0.05) is 26.0 Å². The molecule has 0 spiro atoms. The number of ether oxygens (including phenoxy) is 4. The Hall–Kier alpha value is -5.04. The average molecular weight is 530 g/mol. The molecule has 0 saturated heterocycles. The number of fused-ring (bicyclic) bond motifs is 1. The maximum atomic E-state index is 12.6. The molecule has 200 valence electrons. The van der Waals surface area contributed by atoms with Crippen LogP contribution >= 0.6 is 0 Å². The van der Waals surface area contributed by atoms with E-state index in [0.717, 1.165) is 12.0 Å². The van der Waals surface area contributed by atoms with Crippen LogP contribution in [0.1, 0.15) is 47.7 Å². The van der Waals surface area contributed by atoms with E-state index in [-0.39, 0.29) is 28.5 Å². The van der Waals surface area contributed by atoms with Crippen LogP contribution in [0.2, 0.25) is 0 Å². The number of nitriles is 1. The molecule has 3 aromatic carbocycles. The second-order valence-electron chi connectivity index (χ2n) is 9.26. The van der Waals surface area contributed by atoms with Crippen molar-refractivity contribution in [3.8, 4) is 29.1 Å². The molecule has 10 heteroatoms. The maximum absolute atomic E-state index is 12.6. The summed E-state index contributed by atoms with van der Waals surface area (Å²) in [5, 5.41) is 20.7. The van der Waals surface area contributed by atoms with E-state index in [4.69, 9.17) is 24.7 Å². The lowest BCUT2D eigenvalue weighted by molar-refractivity contribution is -0.384. The van der Waals surface area contributed by atoms with Gasteiger partial charge in [-0.05, 0) is 48.2 Å². The summed E-state index contributed by atoms with van der Waals surface area (Å²) in [5.74, 6) is 0.793. The zero-order valence-electron chi connectivity index (χ0n) is 21.7. The maximum Gasteiger partial charge on any atom is 0.343 e. The number of carbonyl (C=O) groups is 1. The molecule has 0 aromatic heterocycles. The fourth-order valence-electron chi connectivity index (χ4n) is 4.11. The van der Waals surface area contributed by atoms with E-state index in [0.29, 0.717) is 35.3 Å². The number of nitrogens with two attached hydrogens (primary N) is 1. The summed E-state index contributed by atoms with van der Waals surface area (Å²) in [6.07, 6.45) is 0.896. The SMILES string of the molecule is COc1cc(C2C(C#N)=C(N)Oc3cc(OC(=O)c4ccc([N+](=O)[O-])cc4)ccc32)ccc1OCCC(C)C. The molecule has 0 fully saturated rings. The van der Waals surface area contributed by atoms with Crippen molar-refractivity contribution < 1.29 is 28.7 Å². The zero-order chi connectivity index (χ0) is 28.1.